The summed E-state index contributed by atoms with van der Waals surface area (Å²) in [5.41, 5.74) is 2.04. The van der Waals surface area contributed by atoms with Crippen LogP contribution < -0.4 is 5.32 Å². The van der Waals surface area contributed by atoms with Crippen LogP contribution in [0.1, 0.15) is 16.0 Å². The van der Waals surface area contributed by atoms with Crippen molar-refractivity contribution in [2.45, 2.75) is 19.8 Å². The summed E-state index contributed by atoms with van der Waals surface area (Å²) in [5.74, 6) is -1.75. The highest BCUT2D eigenvalue weighted by atomic mass is 35.5. The van der Waals surface area contributed by atoms with Crippen molar-refractivity contribution in [1.82, 2.24) is 5.32 Å². The Morgan fingerprint density at radius 2 is 2.09 bits per heavy atom. The van der Waals surface area contributed by atoms with Crippen LogP contribution in [-0.2, 0) is 22.4 Å². The van der Waals surface area contributed by atoms with Gasteiger partial charge in [0, 0.05) is 11.4 Å². The molecule has 0 aliphatic heterocycles. The quantitative estimate of drug-likeness (QED) is 0.804. The van der Waals surface area contributed by atoms with Gasteiger partial charge in [-0.15, -0.1) is 11.3 Å². The van der Waals surface area contributed by atoms with Crippen LogP contribution in [0.15, 0.2) is 36.4 Å². The van der Waals surface area contributed by atoms with E-state index in [0.717, 1.165) is 16.0 Å². The van der Waals surface area contributed by atoms with E-state index in [0.29, 0.717) is 10.8 Å². The van der Waals surface area contributed by atoms with Crippen molar-refractivity contribution in [1.29, 1.82) is 0 Å². The maximum absolute atomic E-state index is 11.9. The van der Waals surface area contributed by atoms with Crippen LogP contribution in [-0.4, -0.2) is 23.5 Å². The Kier molecular flexibility index (Phi) is 6.19. The zero-order valence-electron chi connectivity index (χ0n) is 12.7. The number of amides is 1. The number of carbonyl (C=O) groups excluding carboxylic acids is 1. The first kappa shape index (κ1) is 17.5. The molecule has 6 heteroatoms. The van der Waals surface area contributed by atoms with E-state index < -0.39 is 11.9 Å². The summed E-state index contributed by atoms with van der Waals surface area (Å²) in [7, 11) is 0. The number of aliphatic carboxylic acids is 1. The zero-order valence-corrected chi connectivity index (χ0v) is 14.3. The predicted octanol–water partition coefficient (Wildman–Crippen LogP) is 3.31. The molecule has 0 fully saturated rings. The molecule has 0 saturated heterocycles. The Labute approximate surface area is 144 Å². The molecule has 1 aromatic carbocycles. The summed E-state index contributed by atoms with van der Waals surface area (Å²) in [6.07, 6.45) is 0.607. The highest BCUT2D eigenvalue weighted by Crippen LogP contribution is 2.21. The number of nitrogens with one attached hydrogen (secondary N) is 1. The average Bonchev–Trinajstić information content (AvgIpc) is 2.88. The molecule has 4 nitrogen and oxygen atoms in total. The van der Waals surface area contributed by atoms with E-state index in [-0.39, 0.29) is 18.9 Å². The van der Waals surface area contributed by atoms with E-state index in [1.54, 1.807) is 12.1 Å². The molecule has 0 bridgehead atoms. The Morgan fingerprint density at radius 1 is 1.30 bits per heavy atom. The highest BCUT2D eigenvalue weighted by Gasteiger charge is 2.19. The van der Waals surface area contributed by atoms with Crippen molar-refractivity contribution in [2.75, 3.05) is 6.54 Å². The van der Waals surface area contributed by atoms with Crippen LogP contribution in [0.2, 0.25) is 4.34 Å². The number of benzene rings is 1. The molecule has 0 aliphatic carbocycles. The normalized spacial score (nSPS) is 11.9. The molecule has 0 spiro atoms. The third-order valence-corrected chi connectivity index (χ3v) is 4.65. The van der Waals surface area contributed by atoms with Crippen molar-refractivity contribution in [3.8, 4) is 0 Å². The van der Waals surface area contributed by atoms with Crippen LogP contribution >= 0.6 is 22.9 Å². The summed E-state index contributed by atoms with van der Waals surface area (Å²) in [6, 6.07) is 11.3. The van der Waals surface area contributed by atoms with E-state index in [1.807, 2.05) is 31.2 Å². The fraction of sp³-hybridized carbons (Fsp3) is 0.294. The Hall–Kier alpha value is -1.85. The number of hydrogen-bond acceptors (Lipinski definition) is 3. The standard InChI is InChI=1S/C17H18ClNO3S/c1-11-3-2-4-12(7-11)8-13(17(21)22)10-19-16(20)9-14-5-6-15(18)23-14/h2-7,13H,8-10H2,1H3,(H,19,20)(H,21,22). The molecule has 2 aromatic rings. The van der Waals surface area contributed by atoms with Gasteiger partial charge in [0.05, 0.1) is 16.7 Å². The van der Waals surface area contributed by atoms with E-state index in [9.17, 15) is 14.7 Å². The fourth-order valence-electron chi connectivity index (χ4n) is 2.27. The number of rotatable bonds is 7. The van der Waals surface area contributed by atoms with E-state index in [1.165, 1.54) is 11.3 Å². The number of carbonyl (C=O) groups is 2. The molecule has 2 N–H and O–H groups in total. The topological polar surface area (TPSA) is 66.4 Å². The molecule has 0 saturated carbocycles. The molecular weight excluding hydrogens is 334 g/mol. The molecule has 1 amide bonds. The SMILES string of the molecule is Cc1cccc(CC(CNC(=O)Cc2ccc(Cl)s2)C(=O)O)c1. The summed E-state index contributed by atoms with van der Waals surface area (Å²) in [4.78, 5) is 24.2. The minimum Gasteiger partial charge on any atom is -0.481 e. The number of carboxylic acids is 1. The smallest absolute Gasteiger partial charge is 0.308 e. The van der Waals surface area contributed by atoms with Gasteiger partial charge in [0.1, 0.15) is 0 Å². The van der Waals surface area contributed by atoms with Crippen molar-refractivity contribution in [3.05, 3.63) is 56.7 Å². The Balaban J connectivity index is 1.89. The van der Waals surface area contributed by atoms with Gasteiger partial charge in [0.15, 0.2) is 0 Å². The number of carboxylic acid groups (broad SMARTS) is 1. The highest BCUT2D eigenvalue weighted by molar-refractivity contribution is 7.16. The van der Waals surface area contributed by atoms with Gasteiger partial charge in [0.25, 0.3) is 0 Å². The van der Waals surface area contributed by atoms with Crippen LogP contribution in [0.4, 0.5) is 0 Å². The van der Waals surface area contributed by atoms with Crippen molar-refractivity contribution in [2.24, 2.45) is 5.92 Å². The predicted molar refractivity (Wildman–Crippen MR) is 92.1 cm³/mol. The molecule has 1 heterocycles. The summed E-state index contributed by atoms with van der Waals surface area (Å²) in [5, 5.41) is 12.0. The minimum absolute atomic E-state index is 0.112. The van der Waals surface area contributed by atoms with E-state index in [2.05, 4.69) is 5.32 Å². The lowest BCUT2D eigenvalue weighted by atomic mass is 9.98. The van der Waals surface area contributed by atoms with E-state index in [4.69, 9.17) is 11.6 Å². The second-order valence-corrected chi connectivity index (χ2v) is 7.21. The number of thiophene rings is 1. The second-order valence-electron chi connectivity index (χ2n) is 5.42. The monoisotopic (exact) mass is 351 g/mol. The first-order valence-electron chi connectivity index (χ1n) is 7.23. The fourth-order valence-corrected chi connectivity index (χ4v) is 3.36. The number of halogens is 1. The molecule has 1 aromatic heterocycles. The number of hydrogen-bond donors (Lipinski definition) is 2. The first-order chi connectivity index (χ1) is 10.9. The number of aryl methyl sites for hydroxylation is 1. The summed E-state index contributed by atoms with van der Waals surface area (Å²) >= 11 is 7.17. The molecule has 2 rings (SSSR count). The van der Waals surface area contributed by atoms with Gasteiger partial charge in [-0.25, -0.2) is 0 Å². The third kappa shape index (κ3) is 5.69. The molecule has 1 unspecified atom stereocenters. The zero-order chi connectivity index (χ0) is 16.8. The molecule has 0 radical (unpaired) electrons. The lowest BCUT2D eigenvalue weighted by Crippen LogP contribution is -2.34. The maximum atomic E-state index is 11.9. The second kappa shape index (κ2) is 8.13. The van der Waals surface area contributed by atoms with Crippen molar-refractivity contribution < 1.29 is 14.7 Å². The maximum Gasteiger partial charge on any atom is 0.308 e. The average molecular weight is 352 g/mol. The molecular formula is C17H18ClNO3S. The molecule has 0 aliphatic rings. The first-order valence-corrected chi connectivity index (χ1v) is 8.42. The van der Waals surface area contributed by atoms with Gasteiger partial charge in [-0.3, -0.25) is 9.59 Å². The summed E-state index contributed by atoms with van der Waals surface area (Å²) < 4.78 is 0.635. The minimum atomic E-state index is -0.911. The van der Waals surface area contributed by atoms with Gasteiger partial charge >= 0.3 is 5.97 Å². The van der Waals surface area contributed by atoms with Crippen LogP contribution in [0.3, 0.4) is 0 Å². The Morgan fingerprint density at radius 3 is 2.70 bits per heavy atom. The lowest BCUT2D eigenvalue weighted by Gasteiger charge is -2.14. The molecule has 122 valence electrons. The van der Waals surface area contributed by atoms with Crippen LogP contribution in [0.25, 0.3) is 0 Å². The van der Waals surface area contributed by atoms with Gasteiger partial charge < -0.3 is 10.4 Å². The van der Waals surface area contributed by atoms with Crippen molar-refractivity contribution in [3.63, 3.8) is 0 Å². The van der Waals surface area contributed by atoms with Gasteiger partial charge in [-0.2, -0.15) is 0 Å². The molecule has 1 atom stereocenters. The van der Waals surface area contributed by atoms with Crippen LogP contribution in [0, 0.1) is 12.8 Å². The Bertz CT molecular complexity index is 699. The van der Waals surface area contributed by atoms with Crippen molar-refractivity contribution >= 4 is 34.8 Å². The summed E-state index contributed by atoms with van der Waals surface area (Å²) in [6.45, 7) is 2.08. The van der Waals surface area contributed by atoms with Crippen LogP contribution in [0.5, 0.6) is 0 Å². The van der Waals surface area contributed by atoms with Gasteiger partial charge in [-0.05, 0) is 31.0 Å². The van der Waals surface area contributed by atoms with E-state index >= 15 is 0 Å². The largest absolute Gasteiger partial charge is 0.481 e. The van der Waals surface area contributed by atoms with Gasteiger partial charge in [0.2, 0.25) is 5.91 Å². The lowest BCUT2D eigenvalue weighted by molar-refractivity contribution is -0.141. The van der Waals surface area contributed by atoms with Gasteiger partial charge in [-0.1, -0.05) is 41.4 Å². The third-order valence-electron chi connectivity index (χ3n) is 3.42. The molecule has 23 heavy (non-hydrogen) atoms.